The van der Waals surface area contributed by atoms with Crippen LogP contribution in [0, 0.1) is 5.92 Å². The molecule has 1 atom stereocenters. The molecule has 1 N–H and O–H groups in total. The summed E-state index contributed by atoms with van der Waals surface area (Å²) in [5.74, 6) is -1.34. The Morgan fingerprint density at radius 2 is 2.06 bits per heavy atom. The van der Waals surface area contributed by atoms with E-state index in [1.165, 1.54) is 0 Å². The van der Waals surface area contributed by atoms with Gasteiger partial charge in [-0.1, -0.05) is 18.2 Å². The van der Waals surface area contributed by atoms with Gasteiger partial charge in [-0.2, -0.15) is 0 Å². The molecule has 1 unspecified atom stereocenters. The minimum Gasteiger partial charge on any atom is -0.481 e. The average molecular weight is 233 g/mol. The lowest BCUT2D eigenvalue weighted by Gasteiger charge is -2.31. The molecule has 90 valence electrons. The van der Waals surface area contributed by atoms with Crippen LogP contribution in [0.3, 0.4) is 0 Å². The zero-order valence-electron chi connectivity index (χ0n) is 9.50. The number of aliphatic carboxylic acids is 1. The molecule has 4 nitrogen and oxygen atoms in total. The third-order valence-corrected chi connectivity index (χ3v) is 3.04. The molecule has 0 saturated carbocycles. The highest BCUT2D eigenvalue weighted by atomic mass is 16.4. The fourth-order valence-corrected chi connectivity index (χ4v) is 2.21. The molecule has 0 aliphatic carbocycles. The summed E-state index contributed by atoms with van der Waals surface area (Å²) in [5.41, 5.74) is 0.854. The quantitative estimate of drug-likeness (QED) is 0.867. The number of nitrogens with zero attached hydrogens (tertiary/aromatic N) is 1. The fourth-order valence-electron chi connectivity index (χ4n) is 2.21. The Balaban J connectivity index is 2.14. The number of piperidine rings is 1. The normalized spacial score (nSPS) is 20.4. The van der Waals surface area contributed by atoms with E-state index < -0.39 is 5.97 Å². The second kappa shape index (κ2) is 4.99. The number of para-hydroxylation sites is 1. The first-order valence-electron chi connectivity index (χ1n) is 5.76. The second-order valence-corrected chi connectivity index (χ2v) is 4.26. The molecular weight excluding hydrogens is 218 g/mol. The molecule has 1 aliphatic heterocycles. The van der Waals surface area contributed by atoms with Gasteiger partial charge in [0.15, 0.2) is 0 Å². The molecule has 1 aliphatic rings. The fraction of sp³-hybridized carbons (Fsp3) is 0.385. The minimum atomic E-state index is -0.904. The Hall–Kier alpha value is -1.84. The standard InChI is InChI=1S/C13H15NO3/c15-12(16)9-10-5-4-8-14(13(10)17)11-6-2-1-3-7-11/h1-3,6-7,10H,4-5,8-9H2,(H,15,16). The van der Waals surface area contributed by atoms with E-state index in [-0.39, 0.29) is 18.2 Å². The first-order chi connectivity index (χ1) is 8.18. The predicted molar refractivity (Wildman–Crippen MR) is 63.8 cm³/mol. The maximum atomic E-state index is 12.1. The van der Waals surface area contributed by atoms with Crippen LogP contribution in [0.1, 0.15) is 19.3 Å². The van der Waals surface area contributed by atoms with Crippen LogP contribution in [-0.2, 0) is 9.59 Å². The maximum absolute atomic E-state index is 12.1. The number of hydrogen-bond acceptors (Lipinski definition) is 2. The van der Waals surface area contributed by atoms with Gasteiger partial charge in [0.05, 0.1) is 6.42 Å². The lowest BCUT2D eigenvalue weighted by Crippen LogP contribution is -2.42. The Kier molecular flexibility index (Phi) is 3.42. The molecule has 2 rings (SSSR count). The molecule has 0 bridgehead atoms. The molecule has 1 heterocycles. The average Bonchev–Trinajstić information content (AvgIpc) is 2.32. The van der Waals surface area contributed by atoms with Crippen LogP contribution in [0.25, 0.3) is 0 Å². The third kappa shape index (κ3) is 2.64. The zero-order chi connectivity index (χ0) is 12.3. The highest BCUT2D eigenvalue weighted by Gasteiger charge is 2.30. The smallest absolute Gasteiger partial charge is 0.304 e. The van der Waals surface area contributed by atoms with E-state index in [1.807, 2.05) is 30.3 Å². The number of rotatable bonds is 3. The van der Waals surface area contributed by atoms with E-state index in [4.69, 9.17) is 5.11 Å². The highest BCUT2D eigenvalue weighted by molar-refractivity contribution is 5.97. The zero-order valence-corrected chi connectivity index (χ0v) is 9.50. The van der Waals surface area contributed by atoms with Crippen molar-refractivity contribution in [2.75, 3.05) is 11.4 Å². The molecule has 17 heavy (non-hydrogen) atoms. The SMILES string of the molecule is O=C(O)CC1CCCN(c2ccccc2)C1=O. The predicted octanol–water partition coefficient (Wildman–Crippen LogP) is 1.90. The molecule has 1 aromatic rings. The van der Waals surface area contributed by atoms with Gasteiger partial charge in [0.1, 0.15) is 0 Å². The van der Waals surface area contributed by atoms with Crippen LogP contribution in [0.15, 0.2) is 30.3 Å². The molecule has 1 saturated heterocycles. The molecular formula is C13H15NO3. The molecule has 1 amide bonds. The number of carbonyl (C=O) groups is 2. The van der Waals surface area contributed by atoms with Crippen molar-refractivity contribution in [2.24, 2.45) is 5.92 Å². The lowest BCUT2D eigenvalue weighted by atomic mass is 9.93. The Labute approximate surface area is 99.9 Å². The Morgan fingerprint density at radius 3 is 2.71 bits per heavy atom. The van der Waals surface area contributed by atoms with Crippen molar-refractivity contribution in [3.05, 3.63) is 30.3 Å². The molecule has 4 heteroatoms. The number of hydrogen-bond donors (Lipinski definition) is 1. The monoisotopic (exact) mass is 233 g/mol. The van der Waals surface area contributed by atoms with Gasteiger partial charge in [0, 0.05) is 18.2 Å². The van der Waals surface area contributed by atoms with E-state index in [9.17, 15) is 9.59 Å². The number of benzene rings is 1. The number of carboxylic acids is 1. The van der Waals surface area contributed by atoms with Crippen LogP contribution in [0.4, 0.5) is 5.69 Å². The van der Waals surface area contributed by atoms with E-state index in [1.54, 1.807) is 4.90 Å². The number of carboxylic acid groups (broad SMARTS) is 1. The number of amides is 1. The van der Waals surface area contributed by atoms with Crippen molar-refractivity contribution in [3.8, 4) is 0 Å². The lowest BCUT2D eigenvalue weighted by molar-refractivity contribution is -0.141. The van der Waals surface area contributed by atoms with Gasteiger partial charge in [0.2, 0.25) is 5.91 Å². The summed E-state index contributed by atoms with van der Waals surface area (Å²) in [5, 5.41) is 8.77. The van der Waals surface area contributed by atoms with Gasteiger partial charge >= 0.3 is 5.97 Å². The molecule has 0 radical (unpaired) electrons. The Morgan fingerprint density at radius 1 is 1.35 bits per heavy atom. The summed E-state index contributed by atoms with van der Waals surface area (Å²) in [7, 11) is 0. The minimum absolute atomic E-state index is 0.0650. The van der Waals surface area contributed by atoms with Crippen molar-refractivity contribution >= 4 is 17.6 Å². The van der Waals surface area contributed by atoms with Crippen LogP contribution in [0.5, 0.6) is 0 Å². The molecule has 0 spiro atoms. The van der Waals surface area contributed by atoms with Gasteiger partial charge in [-0.3, -0.25) is 9.59 Å². The van der Waals surface area contributed by atoms with Gasteiger partial charge in [0.25, 0.3) is 0 Å². The van der Waals surface area contributed by atoms with Crippen LogP contribution in [0.2, 0.25) is 0 Å². The first kappa shape index (κ1) is 11.6. The van der Waals surface area contributed by atoms with Crippen molar-refractivity contribution < 1.29 is 14.7 Å². The summed E-state index contributed by atoms with van der Waals surface area (Å²) in [6.07, 6.45) is 1.47. The topological polar surface area (TPSA) is 57.6 Å². The van der Waals surface area contributed by atoms with Gasteiger partial charge in [-0.05, 0) is 25.0 Å². The second-order valence-electron chi connectivity index (χ2n) is 4.26. The van der Waals surface area contributed by atoms with Crippen LogP contribution < -0.4 is 4.90 Å². The van der Waals surface area contributed by atoms with Crippen LogP contribution >= 0.6 is 0 Å². The van der Waals surface area contributed by atoms with Crippen LogP contribution in [-0.4, -0.2) is 23.5 Å². The Bertz CT molecular complexity index is 416. The van der Waals surface area contributed by atoms with Crippen molar-refractivity contribution in [1.29, 1.82) is 0 Å². The van der Waals surface area contributed by atoms with Gasteiger partial charge in [-0.25, -0.2) is 0 Å². The molecule has 0 aromatic heterocycles. The van der Waals surface area contributed by atoms with Gasteiger partial charge < -0.3 is 10.0 Å². The van der Waals surface area contributed by atoms with E-state index in [2.05, 4.69) is 0 Å². The van der Waals surface area contributed by atoms with Crippen molar-refractivity contribution in [2.45, 2.75) is 19.3 Å². The van der Waals surface area contributed by atoms with E-state index in [0.717, 1.165) is 12.1 Å². The first-order valence-corrected chi connectivity index (χ1v) is 5.76. The highest BCUT2D eigenvalue weighted by Crippen LogP contribution is 2.25. The number of anilines is 1. The van der Waals surface area contributed by atoms with E-state index >= 15 is 0 Å². The maximum Gasteiger partial charge on any atom is 0.304 e. The third-order valence-electron chi connectivity index (χ3n) is 3.04. The van der Waals surface area contributed by atoms with Crippen molar-refractivity contribution in [3.63, 3.8) is 0 Å². The summed E-state index contributed by atoms with van der Waals surface area (Å²) in [4.78, 5) is 24.5. The van der Waals surface area contributed by atoms with Crippen molar-refractivity contribution in [1.82, 2.24) is 0 Å². The molecule has 1 fully saturated rings. The van der Waals surface area contributed by atoms with E-state index in [0.29, 0.717) is 13.0 Å². The summed E-state index contributed by atoms with van der Waals surface area (Å²) >= 11 is 0. The number of carbonyl (C=O) groups excluding carboxylic acids is 1. The summed E-state index contributed by atoms with van der Waals surface area (Å²) in [6.45, 7) is 0.680. The largest absolute Gasteiger partial charge is 0.481 e. The summed E-state index contributed by atoms with van der Waals surface area (Å²) < 4.78 is 0. The van der Waals surface area contributed by atoms with Gasteiger partial charge in [-0.15, -0.1) is 0 Å². The molecule has 1 aromatic carbocycles. The summed E-state index contributed by atoms with van der Waals surface area (Å²) in [6, 6.07) is 9.40.